The molecular formula is C36H72O6. The summed E-state index contributed by atoms with van der Waals surface area (Å²) in [5, 5.41) is 0. The first-order chi connectivity index (χ1) is 18.7. The molecule has 0 aromatic heterocycles. The molecule has 0 heterocycles. The normalized spacial score (nSPS) is 15.8. The number of esters is 1. The number of hydrogen-bond donors (Lipinski definition) is 0. The van der Waals surface area contributed by atoms with Gasteiger partial charge in [-0.1, -0.05) is 68.7 Å². The van der Waals surface area contributed by atoms with Crippen LogP contribution in [0.4, 0.5) is 0 Å². The number of rotatable bonds is 21. The van der Waals surface area contributed by atoms with Gasteiger partial charge in [0.25, 0.3) is 0 Å². The van der Waals surface area contributed by atoms with Crippen LogP contribution in [0.2, 0.25) is 0 Å². The van der Waals surface area contributed by atoms with E-state index >= 15 is 0 Å². The van der Waals surface area contributed by atoms with Gasteiger partial charge in [-0.2, -0.15) is 0 Å². The smallest absolute Gasteiger partial charge is 0.309 e. The van der Waals surface area contributed by atoms with Crippen LogP contribution in [0.3, 0.4) is 0 Å². The molecule has 6 heteroatoms. The lowest BCUT2D eigenvalue weighted by atomic mass is 9.72. The van der Waals surface area contributed by atoms with Gasteiger partial charge in [-0.25, -0.2) is 0 Å². The van der Waals surface area contributed by atoms with Gasteiger partial charge in [-0.15, -0.1) is 0 Å². The monoisotopic (exact) mass is 601 g/mol. The Bertz CT molecular complexity index is 791. The van der Waals surface area contributed by atoms with Gasteiger partial charge >= 0.3 is 5.97 Å². The van der Waals surface area contributed by atoms with E-state index in [9.17, 15) is 4.79 Å². The largest absolute Gasteiger partial charge is 0.463 e. The summed E-state index contributed by atoms with van der Waals surface area (Å²) in [6.45, 7) is 40.2. The number of carbonyl (C=O) groups is 1. The van der Waals surface area contributed by atoms with Crippen LogP contribution in [0.1, 0.15) is 144 Å². The highest BCUT2D eigenvalue weighted by Gasteiger charge is 2.44. The number of carbonyl (C=O) groups excluding carboxylic acids is 1. The zero-order chi connectivity index (χ0) is 33.4. The molecule has 0 spiro atoms. The van der Waals surface area contributed by atoms with Gasteiger partial charge in [0, 0.05) is 5.41 Å². The predicted molar refractivity (Wildman–Crippen MR) is 176 cm³/mol. The Hall–Kier alpha value is -0.690. The summed E-state index contributed by atoms with van der Waals surface area (Å²) >= 11 is 0. The first-order valence-corrected chi connectivity index (χ1v) is 16.5. The molecule has 0 aliphatic carbocycles. The van der Waals surface area contributed by atoms with E-state index in [0.29, 0.717) is 25.7 Å². The average molecular weight is 601 g/mol. The third-order valence-corrected chi connectivity index (χ3v) is 9.78. The highest BCUT2D eigenvalue weighted by atomic mass is 16.6. The third-order valence-electron chi connectivity index (χ3n) is 9.78. The first-order valence-electron chi connectivity index (χ1n) is 16.5. The molecule has 42 heavy (non-hydrogen) atoms. The molecule has 2 unspecified atom stereocenters. The van der Waals surface area contributed by atoms with Gasteiger partial charge < -0.3 is 23.7 Å². The second-order valence-electron chi connectivity index (χ2n) is 16.9. The highest BCUT2D eigenvalue weighted by Crippen LogP contribution is 2.42. The van der Waals surface area contributed by atoms with Crippen LogP contribution in [0.15, 0.2) is 0 Å². The van der Waals surface area contributed by atoms with Crippen LogP contribution in [0.25, 0.3) is 0 Å². The van der Waals surface area contributed by atoms with Gasteiger partial charge in [-0.05, 0) is 91.9 Å². The van der Waals surface area contributed by atoms with Gasteiger partial charge in [0.1, 0.15) is 6.61 Å². The van der Waals surface area contributed by atoms with Gasteiger partial charge in [0.05, 0.1) is 54.7 Å². The van der Waals surface area contributed by atoms with Crippen molar-refractivity contribution >= 4 is 5.97 Å². The Labute approximate surface area is 261 Å². The molecule has 2 atom stereocenters. The third kappa shape index (κ3) is 13.5. The van der Waals surface area contributed by atoms with Crippen LogP contribution < -0.4 is 0 Å². The quantitative estimate of drug-likeness (QED) is 0.0966. The Morgan fingerprint density at radius 3 is 1.71 bits per heavy atom. The molecular weight excluding hydrogens is 528 g/mol. The Morgan fingerprint density at radius 1 is 0.690 bits per heavy atom. The molecule has 6 nitrogen and oxygen atoms in total. The molecule has 0 amide bonds. The number of ether oxygens (including phenoxy) is 5. The maximum absolute atomic E-state index is 12.9. The van der Waals surface area contributed by atoms with Gasteiger partial charge in [0.15, 0.2) is 0 Å². The van der Waals surface area contributed by atoms with Crippen molar-refractivity contribution in [2.45, 2.75) is 173 Å². The summed E-state index contributed by atoms with van der Waals surface area (Å²) in [5.41, 5.74) is -1.70. The summed E-state index contributed by atoms with van der Waals surface area (Å²) in [7, 11) is 0. The van der Waals surface area contributed by atoms with E-state index in [2.05, 4.69) is 111 Å². The van der Waals surface area contributed by atoms with E-state index in [4.69, 9.17) is 23.7 Å². The van der Waals surface area contributed by atoms with Crippen molar-refractivity contribution in [2.24, 2.45) is 28.1 Å². The zero-order valence-electron chi connectivity index (χ0n) is 31.2. The van der Waals surface area contributed by atoms with Crippen LogP contribution >= 0.6 is 0 Å². The first kappa shape index (κ1) is 41.3. The maximum atomic E-state index is 12.9. The van der Waals surface area contributed by atoms with E-state index in [-0.39, 0.29) is 52.5 Å². The molecule has 0 aliphatic rings. The van der Waals surface area contributed by atoms with Crippen molar-refractivity contribution in [3.05, 3.63) is 0 Å². The van der Waals surface area contributed by atoms with Crippen molar-refractivity contribution in [3.8, 4) is 0 Å². The number of hydrogen-bond acceptors (Lipinski definition) is 6. The predicted octanol–water partition coefficient (Wildman–Crippen LogP) is 9.27. The van der Waals surface area contributed by atoms with E-state index in [1.165, 1.54) is 0 Å². The van der Waals surface area contributed by atoms with Crippen molar-refractivity contribution in [3.63, 3.8) is 0 Å². The fourth-order valence-electron chi connectivity index (χ4n) is 4.82. The summed E-state index contributed by atoms with van der Waals surface area (Å²) in [4.78, 5) is 12.9. The van der Waals surface area contributed by atoms with E-state index in [0.717, 1.165) is 19.3 Å². The fourth-order valence-corrected chi connectivity index (χ4v) is 4.82. The summed E-state index contributed by atoms with van der Waals surface area (Å²) in [6, 6.07) is 0. The van der Waals surface area contributed by atoms with Crippen molar-refractivity contribution in [1.82, 2.24) is 0 Å². The molecule has 0 radical (unpaired) electrons. The minimum absolute atomic E-state index is 0.0346. The average Bonchev–Trinajstić information content (AvgIpc) is 2.81. The lowest BCUT2D eigenvalue weighted by Crippen LogP contribution is -2.50. The maximum Gasteiger partial charge on any atom is 0.309 e. The molecule has 0 saturated carbocycles. The van der Waals surface area contributed by atoms with Crippen LogP contribution in [0.5, 0.6) is 0 Å². The minimum Gasteiger partial charge on any atom is -0.463 e. The Morgan fingerprint density at radius 2 is 1.24 bits per heavy atom. The molecule has 0 saturated heterocycles. The fraction of sp³-hybridized carbons (Fsp3) is 0.972. The van der Waals surface area contributed by atoms with Crippen molar-refractivity contribution in [1.29, 1.82) is 0 Å². The molecule has 0 fully saturated rings. The Kier molecular flexibility index (Phi) is 15.8. The molecule has 0 rings (SSSR count). The van der Waals surface area contributed by atoms with Crippen molar-refractivity contribution in [2.75, 3.05) is 26.4 Å². The van der Waals surface area contributed by atoms with Gasteiger partial charge in [0.2, 0.25) is 0 Å². The van der Waals surface area contributed by atoms with E-state index in [1.807, 2.05) is 13.8 Å². The second-order valence-corrected chi connectivity index (χ2v) is 16.9. The highest BCUT2D eigenvalue weighted by molar-refractivity contribution is 5.73. The SMILES string of the molecule is CCC(C)(C)C(CC(C)C)C(=O)OCCOC(C)(C)COC(C)(C)C(C)(C)CC(C)OC(C)(C)C(C)(C)COC(C)C. The molecule has 0 aromatic carbocycles. The van der Waals surface area contributed by atoms with Crippen LogP contribution in [0, 0.1) is 28.1 Å². The zero-order valence-corrected chi connectivity index (χ0v) is 31.2. The van der Waals surface area contributed by atoms with Crippen LogP contribution in [-0.4, -0.2) is 61.4 Å². The summed E-state index contributed by atoms with van der Waals surface area (Å²) in [6.07, 6.45) is 2.83. The minimum atomic E-state index is -0.523. The van der Waals surface area contributed by atoms with Gasteiger partial charge in [-0.3, -0.25) is 4.79 Å². The van der Waals surface area contributed by atoms with Crippen molar-refractivity contribution < 1.29 is 28.5 Å². The summed E-state index contributed by atoms with van der Waals surface area (Å²) in [5.74, 6) is 0.204. The molecule has 0 aliphatic heterocycles. The lowest BCUT2D eigenvalue weighted by Gasteiger charge is -2.47. The molecule has 0 bridgehead atoms. The topological polar surface area (TPSA) is 63.2 Å². The Balaban J connectivity index is 5.02. The molecule has 0 N–H and O–H groups in total. The standard InChI is InChI=1S/C36H72O6/c1-19-31(7,8)29(22-26(2)3)30(37)38-20-21-40-34(13,14)25-41-35(15,16)32(9,10)23-28(6)42-36(17,18)33(11,12)24-39-27(4)5/h26-29H,19-25H2,1-18H3. The lowest BCUT2D eigenvalue weighted by molar-refractivity contribution is -0.188. The van der Waals surface area contributed by atoms with Crippen LogP contribution in [-0.2, 0) is 28.5 Å². The van der Waals surface area contributed by atoms with E-state index < -0.39 is 11.2 Å². The molecule has 252 valence electrons. The molecule has 0 aromatic rings. The second kappa shape index (κ2) is 16.0. The van der Waals surface area contributed by atoms with E-state index in [1.54, 1.807) is 0 Å². The summed E-state index contributed by atoms with van der Waals surface area (Å²) < 4.78 is 31.0.